The number of anilines is 1. The maximum atomic E-state index is 10.5. The van der Waals surface area contributed by atoms with Crippen LogP contribution in [0.15, 0.2) is 28.7 Å². The molecule has 2 unspecified atom stereocenters. The standard InChI is InChI=1S/C15H18BrNO2S/c1-10-11(2)20-8-7-17(10)14-5-3-12(9-13(14)16)4-6-15(18)19/h3-6,9-11H,7-8H2,1-2H3,(H,18,19)/b6-4+. The maximum Gasteiger partial charge on any atom is 0.328 e. The fourth-order valence-electron chi connectivity index (χ4n) is 2.30. The van der Waals surface area contributed by atoms with Crippen LogP contribution in [0, 0.1) is 0 Å². The van der Waals surface area contributed by atoms with Gasteiger partial charge in [-0.1, -0.05) is 13.0 Å². The van der Waals surface area contributed by atoms with Gasteiger partial charge in [-0.05, 0) is 46.6 Å². The first-order chi connectivity index (χ1) is 9.49. The lowest BCUT2D eigenvalue weighted by Gasteiger charge is -2.39. The first-order valence-corrected chi connectivity index (χ1v) is 8.42. The summed E-state index contributed by atoms with van der Waals surface area (Å²) in [7, 11) is 0. The highest BCUT2D eigenvalue weighted by atomic mass is 79.9. The van der Waals surface area contributed by atoms with Crippen LogP contribution in [0.5, 0.6) is 0 Å². The Kier molecular flexibility index (Phi) is 5.16. The van der Waals surface area contributed by atoms with Crippen LogP contribution in [-0.4, -0.2) is 34.7 Å². The van der Waals surface area contributed by atoms with Gasteiger partial charge in [0, 0.05) is 34.1 Å². The second kappa shape index (κ2) is 6.68. The molecule has 1 aromatic rings. The van der Waals surface area contributed by atoms with Crippen LogP contribution >= 0.6 is 27.7 Å². The summed E-state index contributed by atoms with van der Waals surface area (Å²) < 4.78 is 1.01. The van der Waals surface area contributed by atoms with Crippen molar-refractivity contribution in [3.63, 3.8) is 0 Å². The number of carboxylic acids is 1. The highest BCUT2D eigenvalue weighted by molar-refractivity contribution is 9.10. The van der Waals surface area contributed by atoms with Gasteiger partial charge in [-0.15, -0.1) is 0 Å². The molecule has 0 saturated carbocycles. The molecule has 1 saturated heterocycles. The fraction of sp³-hybridized carbons (Fsp3) is 0.400. The minimum Gasteiger partial charge on any atom is -0.478 e. The summed E-state index contributed by atoms with van der Waals surface area (Å²) in [5.74, 6) is 0.208. The van der Waals surface area contributed by atoms with Crippen molar-refractivity contribution in [1.29, 1.82) is 0 Å². The summed E-state index contributed by atoms with van der Waals surface area (Å²) in [4.78, 5) is 13.0. The van der Waals surface area contributed by atoms with Gasteiger partial charge in [0.1, 0.15) is 0 Å². The fourth-order valence-corrected chi connectivity index (χ4v) is 4.02. The van der Waals surface area contributed by atoms with Gasteiger partial charge in [0.2, 0.25) is 0 Å². The number of hydrogen-bond acceptors (Lipinski definition) is 3. The molecule has 1 aliphatic heterocycles. The Labute approximate surface area is 132 Å². The van der Waals surface area contributed by atoms with E-state index in [1.807, 2.05) is 23.9 Å². The number of rotatable bonds is 3. The van der Waals surface area contributed by atoms with Crippen LogP contribution in [0.3, 0.4) is 0 Å². The predicted octanol–water partition coefficient (Wildman–Crippen LogP) is 3.88. The number of aliphatic carboxylic acids is 1. The zero-order chi connectivity index (χ0) is 14.7. The summed E-state index contributed by atoms with van der Waals surface area (Å²) >= 11 is 5.62. The third-order valence-electron chi connectivity index (χ3n) is 3.58. The summed E-state index contributed by atoms with van der Waals surface area (Å²) in [6.07, 6.45) is 2.76. The molecule has 2 atom stereocenters. The normalized spacial score (nSPS) is 23.2. The number of benzene rings is 1. The summed E-state index contributed by atoms with van der Waals surface area (Å²) in [6, 6.07) is 6.47. The van der Waals surface area contributed by atoms with Crippen LogP contribution in [0.4, 0.5) is 5.69 Å². The van der Waals surface area contributed by atoms with Gasteiger partial charge in [0.05, 0.1) is 5.69 Å². The third kappa shape index (κ3) is 3.58. The smallest absolute Gasteiger partial charge is 0.328 e. The molecule has 0 aliphatic carbocycles. The van der Waals surface area contributed by atoms with Crippen molar-refractivity contribution in [2.24, 2.45) is 0 Å². The molecule has 0 bridgehead atoms. The van der Waals surface area contributed by atoms with Crippen LogP contribution in [0.25, 0.3) is 6.08 Å². The lowest BCUT2D eigenvalue weighted by molar-refractivity contribution is -0.131. The Hall–Kier alpha value is -0.940. The van der Waals surface area contributed by atoms with E-state index in [0.29, 0.717) is 11.3 Å². The average Bonchev–Trinajstić information content (AvgIpc) is 2.40. The first kappa shape index (κ1) is 15.4. The molecular weight excluding hydrogens is 338 g/mol. The molecule has 0 aromatic heterocycles. The molecule has 1 fully saturated rings. The average molecular weight is 356 g/mol. The van der Waals surface area contributed by atoms with E-state index < -0.39 is 5.97 Å². The second-order valence-corrected chi connectivity index (χ2v) is 7.23. The third-order valence-corrected chi connectivity index (χ3v) is 5.56. The van der Waals surface area contributed by atoms with E-state index in [-0.39, 0.29) is 0 Å². The predicted molar refractivity (Wildman–Crippen MR) is 89.5 cm³/mol. The molecule has 0 radical (unpaired) electrons. The summed E-state index contributed by atoms with van der Waals surface area (Å²) in [5, 5.41) is 9.27. The summed E-state index contributed by atoms with van der Waals surface area (Å²) in [5.41, 5.74) is 2.06. The Morgan fingerprint density at radius 3 is 2.90 bits per heavy atom. The number of hydrogen-bond donors (Lipinski definition) is 1. The molecule has 20 heavy (non-hydrogen) atoms. The minimum atomic E-state index is -0.930. The van der Waals surface area contributed by atoms with E-state index in [0.717, 1.165) is 28.4 Å². The Balaban J connectivity index is 2.23. The Bertz CT molecular complexity index is 533. The van der Waals surface area contributed by atoms with Gasteiger partial charge in [-0.25, -0.2) is 4.79 Å². The maximum absolute atomic E-state index is 10.5. The molecule has 2 rings (SSSR count). The van der Waals surface area contributed by atoms with Crippen molar-refractivity contribution >= 4 is 45.4 Å². The van der Waals surface area contributed by atoms with Gasteiger partial charge in [-0.3, -0.25) is 0 Å². The van der Waals surface area contributed by atoms with Crippen molar-refractivity contribution in [3.8, 4) is 0 Å². The highest BCUT2D eigenvalue weighted by Crippen LogP contribution is 2.34. The van der Waals surface area contributed by atoms with E-state index in [4.69, 9.17) is 5.11 Å². The lowest BCUT2D eigenvalue weighted by Crippen LogP contribution is -2.44. The number of carbonyl (C=O) groups is 1. The number of halogens is 1. The number of thioether (sulfide) groups is 1. The van der Waals surface area contributed by atoms with Crippen molar-refractivity contribution in [2.45, 2.75) is 25.1 Å². The molecule has 0 spiro atoms. The van der Waals surface area contributed by atoms with Gasteiger partial charge < -0.3 is 10.0 Å². The van der Waals surface area contributed by atoms with Crippen LogP contribution in [-0.2, 0) is 4.79 Å². The van der Waals surface area contributed by atoms with Crippen molar-refractivity contribution in [1.82, 2.24) is 0 Å². The van der Waals surface area contributed by atoms with E-state index in [9.17, 15) is 4.79 Å². The van der Waals surface area contributed by atoms with Gasteiger partial charge in [0.15, 0.2) is 0 Å². The zero-order valence-corrected chi connectivity index (χ0v) is 13.9. The monoisotopic (exact) mass is 355 g/mol. The van der Waals surface area contributed by atoms with E-state index in [2.05, 4.69) is 40.7 Å². The first-order valence-electron chi connectivity index (χ1n) is 6.58. The number of nitrogens with zero attached hydrogens (tertiary/aromatic N) is 1. The second-order valence-electron chi connectivity index (χ2n) is 4.89. The zero-order valence-electron chi connectivity index (χ0n) is 11.5. The minimum absolute atomic E-state index is 0.491. The number of carboxylic acid groups (broad SMARTS) is 1. The highest BCUT2D eigenvalue weighted by Gasteiger charge is 2.26. The molecule has 1 aromatic carbocycles. The quantitative estimate of drug-likeness (QED) is 0.835. The van der Waals surface area contributed by atoms with Gasteiger partial charge in [-0.2, -0.15) is 11.8 Å². The van der Waals surface area contributed by atoms with Crippen molar-refractivity contribution in [3.05, 3.63) is 34.3 Å². The molecule has 1 N–H and O–H groups in total. The van der Waals surface area contributed by atoms with Crippen molar-refractivity contribution in [2.75, 3.05) is 17.2 Å². The molecule has 1 aliphatic rings. The van der Waals surface area contributed by atoms with Crippen LogP contribution < -0.4 is 4.90 Å². The molecule has 3 nitrogen and oxygen atoms in total. The topological polar surface area (TPSA) is 40.5 Å². The van der Waals surface area contributed by atoms with E-state index in [1.54, 1.807) is 6.08 Å². The molecule has 0 amide bonds. The van der Waals surface area contributed by atoms with Crippen molar-refractivity contribution < 1.29 is 9.90 Å². The largest absolute Gasteiger partial charge is 0.478 e. The SMILES string of the molecule is CC1SCCN(c2ccc(/C=C/C(=O)O)cc2Br)C1C. The Morgan fingerprint density at radius 2 is 2.25 bits per heavy atom. The van der Waals surface area contributed by atoms with Gasteiger partial charge >= 0.3 is 5.97 Å². The van der Waals surface area contributed by atoms with Crippen LogP contribution in [0.2, 0.25) is 0 Å². The summed E-state index contributed by atoms with van der Waals surface area (Å²) in [6.45, 7) is 5.56. The van der Waals surface area contributed by atoms with E-state index in [1.165, 1.54) is 5.69 Å². The molecule has 1 heterocycles. The van der Waals surface area contributed by atoms with Gasteiger partial charge in [0.25, 0.3) is 0 Å². The van der Waals surface area contributed by atoms with Crippen LogP contribution in [0.1, 0.15) is 19.4 Å². The van der Waals surface area contributed by atoms with E-state index >= 15 is 0 Å². The molecule has 5 heteroatoms. The Morgan fingerprint density at radius 1 is 1.50 bits per heavy atom. The lowest BCUT2D eigenvalue weighted by atomic mass is 10.1. The molecular formula is C15H18BrNO2S. The molecule has 108 valence electrons.